The average molecular weight is 386 g/mol. The molecule has 1 aliphatic carbocycles. The van der Waals surface area contributed by atoms with Crippen LogP contribution in [0.4, 0.5) is 0 Å². The van der Waals surface area contributed by atoms with Crippen LogP contribution in [0.2, 0.25) is 0 Å². The smallest absolute Gasteiger partial charge is 0.0525 e. The van der Waals surface area contributed by atoms with Gasteiger partial charge in [-0.2, -0.15) is 0 Å². The molecule has 1 heteroatoms. The van der Waals surface area contributed by atoms with Crippen molar-refractivity contribution in [1.82, 2.24) is 4.57 Å². The van der Waals surface area contributed by atoms with Gasteiger partial charge in [0.2, 0.25) is 0 Å². The minimum Gasteiger partial charge on any atom is -0.333 e. The van der Waals surface area contributed by atoms with Gasteiger partial charge in [0, 0.05) is 16.6 Å². The van der Waals surface area contributed by atoms with Gasteiger partial charge in [-0.05, 0) is 57.3 Å². The molecule has 1 aromatic heterocycles. The van der Waals surface area contributed by atoms with Gasteiger partial charge >= 0.3 is 0 Å². The Bertz CT molecular complexity index is 1530. The average Bonchev–Trinajstić information content (AvgIpc) is 3.43. The minimum absolute atomic E-state index is 0.377. The van der Waals surface area contributed by atoms with E-state index in [-0.39, 0.29) is 0 Å². The van der Waals surface area contributed by atoms with Gasteiger partial charge in [-0.3, -0.25) is 0 Å². The highest BCUT2D eigenvalue weighted by Crippen LogP contribution is 2.42. The monoisotopic (exact) mass is 385 g/mol. The van der Waals surface area contributed by atoms with Crippen molar-refractivity contribution in [3.63, 3.8) is 0 Å². The third-order valence-electron chi connectivity index (χ3n) is 6.67. The van der Waals surface area contributed by atoms with E-state index in [0.717, 1.165) is 12.8 Å². The number of nitrogens with zero attached hydrogens (tertiary/aromatic N) is 1. The van der Waals surface area contributed by atoms with Crippen molar-refractivity contribution in [3.05, 3.63) is 97.2 Å². The lowest BCUT2D eigenvalue weighted by Crippen LogP contribution is -2.05. The van der Waals surface area contributed by atoms with E-state index in [2.05, 4.69) is 90.5 Å². The van der Waals surface area contributed by atoms with Gasteiger partial charge in [0.25, 0.3) is 0 Å². The first-order valence-electron chi connectivity index (χ1n) is 10.6. The third kappa shape index (κ3) is 2.23. The van der Waals surface area contributed by atoms with Crippen LogP contribution in [0.3, 0.4) is 0 Å². The van der Waals surface area contributed by atoms with Crippen LogP contribution in [0.15, 0.2) is 86.0 Å². The molecule has 0 aliphatic heterocycles. The fourth-order valence-electron chi connectivity index (χ4n) is 5.37. The van der Waals surface area contributed by atoms with Crippen molar-refractivity contribution in [1.29, 1.82) is 0 Å². The summed E-state index contributed by atoms with van der Waals surface area (Å²) < 4.78 is 2.46. The van der Waals surface area contributed by atoms with E-state index in [1.807, 2.05) is 12.2 Å². The van der Waals surface area contributed by atoms with Crippen molar-refractivity contribution in [2.45, 2.75) is 18.9 Å². The quantitative estimate of drug-likeness (QED) is 0.217. The molecule has 4 aromatic carbocycles. The molecule has 30 heavy (non-hydrogen) atoms. The Labute approximate surface area is 176 Å². The van der Waals surface area contributed by atoms with Crippen molar-refractivity contribution in [2.75, 3.05) is 0 Å². The number of aromatic nitrogens is 1. The predicted molar refractivity (Wildman–Crippen MR) is 132 cm³/mol. The van der Waals surface area contributed by atoms with Gasteiger partial charge in [-0.1, -0.05) is 86.0 Å². The first-order valence-corrected chi connectivity index (χ1v) is 10.6. The summed E-state index contributed by atoms with van der Waals surface area (Å²) in [7, 11) is 0. The molecule has 5 aromatic rings. The van der Waals surface area contributed by atoms with Gasteiger partial charge in [-0.15, -0.1) is 0 Å². The van der Waals surface area contributed by atoms with Gasteiger partial charge in [-0.25, -0.2) is 0 Å². The molecule has 0 fully saturated rings. The molecule has 0 saturated heterocycles. The highest BCUT2D eigenvalue weighted by molar-refractivity contribution is 6.26. The van der Waals surface area contributed by atoms with E-state index in [1.54, 1.807) is 0 Å². The number of hydrogen-bond acceptors (Lipinski definition) is 0. The molecule has 0 radical (unpaired) electrons. The first-order chi connectivity index (χ1) is 14.8. The minimum atomic E-state index is 0.377. The topological polar surface area (TPSA) is 4.93 Å². The van der Waals surface area contributed by atoms with Gasteiger partial charge < -0.3 is 4.57 Å². The zero-order chi connectivity index (χ0) is 20.2. The molecular weight excluding hydrogens is 362 g/mol. The fraction of sp³-hybridized carbons (Fsp3) is 0.103. The van der Waals surface area contributed by atoms with Crippen molar-refractivity contribution >= 4 is 55.4 Å². The Morgan fingerprint density at radius 3 is 2.37 bits per heavy atom. The molecule has 1 nitrogen and oxygen atoms in total. The zero-order valence-electron chi connectivity index (χ0n) is 16.9. The largest absolute Gasteiger partial charge is 0.333 e. The van der Waals surface area contributed by atoms with Gasteiger partial charge in [0.05, 0.1) is 11.6 Å². The highest BCUT2D eigenvalue weighted by Gasteiger charge is 2.22. The predicted octanol–water partition coefficient (Wildman–Crippen LogP) is 8.28. The molecule has 0 saturated carbocycles. The summed E-state index contributed by atoms with van der Waals surface area (Å²) in [5, 5.41) is 9.06. The van der Waals surface area contributed by atoms with Crippen LogP contribution in [0.5, 0.6) is 0 Å². The van der Waals surface area contributed by atoms with E-state index in [4.69, 9.17) is 0 Å². The maximum atomic E-state index is 4.19. The second-order valence-corrected chi connectivity index (χ2v) is 8.16. The summed E-state index contributed by atoms with van der Waals surface area (Å²) in [6.07, 6.45) is 10.9. The Morgan fingerprint density at radius 1 is 0.767 bits per heavy atom. The summed E-state index contributed by atoms with van der Waals surface area (Å²) in [5.41, 5.74) is 3.62. The second-order valence-electron chi connectivity index (χ2n) is 8.16. The number of fused-ring (bicyclic) bond motifs is 7. The molecule has 0 amide bonds. The highest BCUT2D eigenvalue weighted by atomic mass is 15.0. The second kappa shape index (κ2) is 6.47. The zero-order valence-corrected chi connectivity index (χ0v) is 16.9. The molecule has 1 atom stereocenters. The maximum absolute atomic E-state index is 4.19. The normalized spacial score (nSPS) is 16.2. The van der Waals surface area contributed by atoms with E-state index < -0.39 is 0 Å². The van der Waals surface area contributed by atoms with Crippen LogP contribution >= 0.6 is 0 Å². The van der Waals surface area contributed by atoms with Crippen molar-refractivity contribution < 1.29 is 0 Å². The molecular formula is C29H23N. The Hall–Kier alpha value is -3.58. The summed E-state index contributed by atoms with van der Waals surface area (Å²) in [6, 6.07) is 22.6. The van der Waals surface area contributed by atoms with Crippen LogP contribution in [0.25, 0.3) is 55.4 Å². The Kier molecular flexibility index (Phi) is 3.73. The summed E-state index contributed by atoms with van der Waals surface area (Å²) in [6.45, 7) is 8.34. The molecule has 144 valence electrons. The van der Waals surface area contributed by atoms with Crippen LogP contribution in [0, 0.1) is 0 Å². The lowest BCUT2D eigenvalue weighted by atomic mass is 9.94. The van der Waals surface area contributed by atoms with Crippen LogP contribution < -0.4 is 0 Å². The number of hydrogen-bond donors (Lipinski definition) is 0. The molecule has 1 aliphatic rings. The molecule has 0 spiro atoms. The number of allylic oxidation sites excluding steroid dienone is 2. The first kappa shape index (κ1) is 17.3. The van der Waals surface area contributed by atoms with Crippen molar-refractivity contribution in [3.8, 4) is 0 Å². The van der Waals surface area contributed by atoms with E-state index in [9.17, 15) is 0 Å². The standard InChI is InChI=1S/C29H23N/c1-3-22-26(4-2)30(21-10-6-7-11-21)27-18-15-20-14-16-24-23-12-8-5-9-19(23)13-17-25(24)28(20)29(22)27/h3-6,8-10,12-18,21H,1-2,7,11H2. The van der Waals surface area contributed by atoms with Gasteiger partial charge in [0.1, 0.15) is 0 Å². The summed E-state index contributed by atoms with van der Waals surface area (Å²) >= 11 is 0. The molecule has 1 unspecified atom stereocenters. The van der Waals surface area contributed by atoms with E-state index in [0.29, 0.717) is 6.04 Å². The third-order valence-corrected chi connectivity index (χ3v) is 6.67. The van der Waals surface area contributed by atoms with Crippen LogP contribution in [-0.4, -0.2) is 4.57 Å². The lowest BCUT2D eigenvalue weighted by molar-refractivity contribution is 0.606. The Balaban J connectivity index is 1.85. The lowest BCUT2D eigenvalue weighted by Gasteiger charge is -2.15. The van der Waals surface area contributed by atoms with Gasteiger partial charge in [0.15, 0.2) is 0 Å². The summed E-state index contributed by atoms with van der Waals surface area (Å²) in [5.74, 6) is 0. The SMILES string of the molecule is C=Cc1c(C=C)n(C2C=CCC2)c2ccc3ccc4c5ccccc5ccc4c3c12. The van der Waals surface area contributed by atoms with E-state index >= 15 is 0 Å². The van der Waals surface area contributed by atoms with E-state index in [1.165, 1.54) is 54.5 Å². The number of rotatable bonds is 3. The fourth-order valence-corrected chi connectivity index (χ4v) is 5.37. The van der Waals surface area contributed by atoms with Crippen molar-refractivity contribution in [2.24, 2.45) is 0 Å². The molecule has 0 bridgehead atoms. The van der Waals surface area contributed by atoms with Crippen LogP contribution in [-0.2, 0) is 0 Å². The molecule has 0 N–H and O–H groups in total. The number of benzene rings is 4. The van der Waals surface area contributed by atoms with Crippen LogP contribution in [0.1, 0.15) is 30.1 Å². The Morgan fingerprint density at radius 2 is 1.57 bits per heavy atom. The molecule has 6 rings (SSSR count). The maximum Gasteiger partial charge on any atom is 0.0525 e. The molecule has 1 heterocycles. The summed E-state index contributed by atoms with van der Waals surface area (Å²) in [4.78, 5) is 0.